The first-order valence-corrected chi connectivity index (χ1v) is 5.30. The highest BCUT2D eigenvalue weighted by Crippen LogP contribution is 2.19. The van der Waals surface area contributed by atoms with E-state index < -0.39 is 0 Å². The van der Waals surface area contributed by atoms with E-state index in [4.69, 9.17) is 5.11 Å². The summed E-state index contributed by atoms with van der Waals surface area (Å²) < 4.78 is 12.7. The second-order valence-electron chi connectivity index (χ2n) is 2.74. The molecule has 0 heterocycles. The first-order valence-electron chi connectivity index (χ1n) is 4.32. The molecule has 0 aromatic heterocycles. The summed E-state index contributed by atoms with van der Waals surface area (Å²) in [6.07, 6.45) is 1.79. The number of unbranched alkanes of at least 4 members (excludes halogenated alkanes) is 1. The summed E-state index contributed by atoms with van der Waals surface area (Å²) in [5.74, 6) is 0.747. The molecule has 1 aromatic carbocycles. The lowest BCUT2D eigenvalue weighted by Crippen LogP contribution is -1.85. The standard InChI is InChI=1S/C10H13FOS/c11-9-4-3-5-10(8-9)13-7-2-1-6-12/h3-5,8,12H,1-2,6-7H2. The number of rotatable bonds is 5. The molecule has 13 heavy (non-hydrogen) atoms. The third kappa shape index (κ3) is 4.29. The largest absolute Gasteiger partial charge is 0.396 e. The molecule has 0 atom stereocenters. The average Bonchev–Trinajstić information content (AvgIpc) is 2.13. The minimum atomic E-state index is -0.188. The maximum atomic E-state index is 12.7. The van der Waals surface area contributed by atoms with Crippen molar-refractivity contribution in [3.63, 3.8) is 0 Å². The van der Waals surface area contributed by atoms with E-state index in [1.54, 1.807) is 17.8 Å². The Morgan fingerprint density at radius 2 is 2.15 bits per heavy atom. The predicted molar refractivity (Wildman–Crippen MR) is 53.4 cm³/mol. The fraction of sp³-hybridized carbons (Fsp3) is 0.400. The average molecular weight is 200 g/mol. The van der Waals surface area contributed by atoms with Crippen molar-refractivity contribution in [3.05, 3.63) is 30.1 Å². The van der Waals surface area contributed by atoms with Crippen LogP contribution in [0.1, 0.15) is 12.8 Å². The lowest BCUT2D eigenvalue weighted by atomic mass is 10.3. The van der Waals surface area contributed by atoms with Crippen molar-refractivity contribution in [1.29, 1.82) is 0 Å². The Morgan fingerprint density at radius 3 is 2.85 bits per heavy atom. The second kappa shape index (κ2) is 6.00. The molecule has 0 saturated carbocycles. The zero-order chi connectivity index (χ0) is 9.52. The van der Waals surface area contributed by atoms with Gasteiger partial charge in [0.2, 0.25) is 0 Å². The third-order valence-electron chi connectivity index (χ3n) is 1.62. The summed E-state index contributed by atoms with van der Waals surface area (Å²) in [4.78, 5) is 0.956. The summed E-state index contributed by atoms with van der Waals surface area (Å²) >= 11 is 1.62. The maximum Gasteiger partial charge on any atom is 0.124 e. The Morgan fingerprint density at radius 1 is 1.31 bits per heavy atom. The smallest absolute Gasteiger partial charge is 0.124 e. The molecule has 0 fully saturated rings. The molecule has 0 aliphatic carbocycles. The van der Waals surface area contributed by atoms with Crippen LogP contribution >= 0.6 is 11.8 Å². The number of thioether (sulfide) groups is 1. The summed E-state index contributed by atoms with van der Waals surface area (Å²) in [6.45, 7) is 0.240. The van der Waals surface area contributed by atoms with Crippen LogP contribution in [0.2, 0.25) is 0 Å². The molecule has 0 radical (unpaired) electrons. The molecule has 0 aliphatic heterocycles. The van der Waals surface area contributed by atoms with E-state index in [9.17, 15) is 4.39 Å². The van der Waals surface area contributed by atoms with E-state index in [1.165, 1.54) is 12.1 Å². The molecule has 0 amide bonds. The quantitative estimate of drug-likeness (QED) is 0.582. The summed E-state index contributed by atoms with van der Waals surface area (Å²) in [5.41, 5.74) is 0. The highest BCUT2D eigenvalue weighted by molar-refractivity contribution is 7.99. The molecule has 1 N–H and O–H groups in total. The van der Waals surface area contributed by atoms with Gasteiger partial charge in [-0.2, -0.15) is 0 Å². The molecular weight excluding hydrogens is 187 g/mol. The van der Waals surface area contributed by atoms with Crippen molar-refractivity contribution >= 4 is 11.8 Å². The van der Waals surface area contributed by atoms with Gasteiger partial charge in [0, 0.05) is 11.5 Å². The van der Waals surface area contributed by atoms with Crippen LogP contribution in [-0.2, 0) is 0 Å². The van der Waals surface area contributed by atoms with Crippen molar-refractivity contribution in [3.8, 4) is 0 Å². The van der Waals surface area contributed by atoms with E-state index in [2.05, 4.69) is 0 Å². The van der Waals surface area contributed by atoms with Crippen molar-refractivity contribution in [2.45, 2.75) is 17.7 Å². The zero-order valence-electron chi connectivity index (χ0n) is 7.37. The van der Waals surface area contributed by atoms with Crippen LogP contribution in [0, 0.1) is 5.82 Å². The van der Waals surface area contributed by atoms with E-state index in [1.807, 2.05) is 6.07 Å². The molecule has 0 unspecified atom stereocenters. The SMILES string of the molecule is OCCCCSc1cccc(F)c1. The van der Waals surface area contributed by atoms with Gasteiger partial charge in [-0.05, 0) is 36.8 Å². The first kappa shape index (κ1) is 10.5. The molecule has 72 valence electrons. The van der Waals surface area contributed by atoms with Gasteiger partial charge in [-0.25, -0.2) is 4.39 Å². The Kier molecular flexibility index (Phi) is 4.86. The van der Waals surface area contributed by atoms with Gasteiger partial charge in [0.1, 0.15) is 5.82 Å². The minimum absolute atomic E-state index is 0.188. The molecule has 0 saturated heterocycles. The number of benzene rings is 1. The summed E-state index contributed by atoms with van der Waals surface area (Å²) in [7, 11) is 0. The molecule has 1 rings (SSSR count). The fourth-order valence-electron chi connectivity index (χ4n) is 0.961. The van der Waals surface area contributed by atoms with E-state index in [0.29, 0.717) is 0 Å². The van der Waals surface area contributed by atoms with Crippen molar-refractivity contribution in [1.82, 2.24) is 0 Å². The molecule has 0 spiro atoms. The topological polar surface area (TPSA) is 20.2 Å². The lowest BCUT2D eigenvalue weighted by Gasteiger charge is -2.00. The maximum absolute atomic E-state index is 12.7. The van der Waals surface area contributed by atoms with Crippen LogP contribution < -0.4 is 0 Å². The molecule has 3 heteroatoms. The summed E-state index contributed by atoms with van der Waals surface area (Å²) in [5, 5.41) is 8.54. The fourth-order valence-corrected chi connectivity index (χ4v) is 1.92. The van der Waals surface area contributed by atoms with E-state index in [0.717, 1.165) is 23.5 Å². The lowest BCUT2D eigenvalue weighted by molar-refractivity contribution is 0.287. The Balaban J connectivity index is 2.28. The van der Waals surface area contributed by atoms with Crippen molar-refractivity contribution in [2.24, 2.45) is 0 Å². The molecule has 0 aliphatic rings. The number of hydrogen-bond donors (Lipinski definition) is 1. The van der Waals surface area contributed by atoms with Gasteiger partial charge in [0.15, 0.2) is 0 Å². The molecule has 1 nitrogen and oxygen atoms in total. The van der Waals surface area contributed by atoms with Crippen LogP contribution in [-0.4, -0.2) is 17.5 Å². The predicted octanol–water partition coefficient (Wildman–Crippen LogP) is 2.69. The van der Waals surface area contributed by atoms with E-state index >= 15 is 0 Å². The molecule has 0 bridgehead atoms. The van der Waals surface area contributed by atoms with E-state index in [-0.39, 0.29) is 12.4 Å². The van der Waals surface area contributed by atoms with Crippen LogP contribution in [0.3, 0.4) is 0 Å². The van der Waals surface area contributed by atoms with Crippen LogP contribution in [0.25, 0.3) is 0 Å². The normalized spacial score (nSPS) is 10.3. The van der Waals surface area contributed by atoms with Gasteiger partial charge in [0.25, 0.3) is 0 Å². The van der Waals surface area contributed by atoms with Gasteiger partial charge < -0.3 is 5.11 Å². The first-order chi connectivity index (χ1) is 6.33. The van der Waals surface area contributed by atoms with Crippen LogP contribution in [0.15, 0.2) is 29.2 Å². The highest BCUT2D eigenvalue weighted by atomic mass is 32.2. The number of hydrogen-bond acceptors (Lipinski definition) is 2. The highest BCUT2D eigenvalue weighted by Gasteiger charge is 1.95. The van der Waals surface area contributed by atoms with Crippen LogP contribution in [0.4, 0.5) is 4.39 Å². The van der Waals surface area contributed by atoms with Crippen molar-refractivity contribution < 1.29 is 9.50 Å². The van der Waals surface area contributed by atoms with Crippen LogP contribution in [0.5, 0.6) is 0 Å². The Bertz CT molecular complexity index is 252. The van der Waals surface area contributed by atoms with Gasteiger partial charge in [-0.3, -0.25) is 0 Å². The monoisotopic (exact) mass is 200 g/mol. The minimum Gasteiger partial charge on any atom is -0.396 e. The van der Waals surface area contributed by atoms with Gasteiger partial charge in [0.05, 0.1) is 0 Å². The number of halogens is 1. The third-order valence-corrected chi connectivity index (χ3v) is 2.70. The van der Waals surface area contributed by atoms with Crippen molar-refractivity contribution in [2.75, 3.05) is 12.4 Å². The number of aliphatic hydroxyl groups excluding tert-OH is 1. The molecular formula is C10H13FOS. The number of aliphatic hydroxyl groups is 1. The Hall–Kier alpha value is -0.540. The zero-order valence-corrected chi connectivity index (χ0v) is 8.19. The van der Waals surface area contributed by atoms with Gasteiger partial charge >= 0.3 is 0 Å². The second-order valence-corrected chi connectivity index (χ2v) is 3.90. The Labute approximate surface area is 82.0 Å². The van der Waals surface area contributed by atoms with Gasteiger partial charge in [-0.15, -0.1) is 11.8 Å². The van der Waals surface area contributed by atoms with Gasteiger partial charge in [-0.1, -0.05) is 6.07 Å². The molecule has 1 aromatic rings. The summed E-state index contributed by atoms with van der Waals surface area (Å²) in [6, 6.07) is 6.58.